The van der Waals surface area contributed by atoms with Gasteiger partial charge >= 0.3 is 6.01 Å². The number of anilines is 2. The van der Waals surface area contributed by atoms with Crippen LogP contribution in [-0.2, 0) is 0 Å². The fourth-order valence-electron chi connectivity index (χ4n) is 4.28. The molecule has 0 spiro atoms. The molecule has 0 unspecified atom stereocenters. The van der Waals surface area contributed by atoms with Gasteiger partial charge < -0.3 is 20.3 Å². The fourth-order valence-corrected chi connectivity index (χ4v) is 4.28. The molecule has 1 aliphatic rings. The van der Waals surface area contributed by atoms with Gasteiger partial charge in [-0.1, -0.05) is 0 Å². The van der Waals surface area contributed by atoms with Crippen molar-refractivity contribution in [3.8, 4) is 6.01 Å². The number of hydrogen-bond donors (Lipinski definition) is 2. The molecule has 8 nitrogen and oxygen atoms in total. The highest BCUT2D eigenvalue weighted by atomic mass is 16.5. The van der Waals surface area contributed by atoms with E-state index in [2.05, 4.69) is 44.3 Å². The van der Waals surface area contributed by atoms with Crippen LogP contribution in [0.2, 0.25) is 0 Å². The van der Waals surface area contributed by atoms with E-state index in [4.69, 9.17) is 4.74 Å². The van der Waals surface area contributed by atoms with Crippen LogP contribution >= 0.6 is 0 Å². The lowest BCUT2D eigenvalue weighted by Crippen LogP contribution is -2.54. The minimum Gasteiger partial charge on any atom is -0.467 e. The van der Waals surface area contributed by atoms with Crippen molar-refractivity contribution >= 4 is 28.2 Å². The maximum Gasteiger partial charge on any atom is 0.316 e. The van der Waals surface area contributed by atoms with E-state index < -0.39 is 0 Å². The van der Waals surface area contributed by atoms with Crippen molar-refractivity contribution in [2.45, 2.75) is 39.8 Å². The van der Waals surface area contributed by atoms with E-state index in [1.807, 2.05) is 38.1 Å². The normalized spacial score (nSPS) is 18.8. The van der Waals surface area contributed by atoms with Crippen molar-refractivity contribution in [1.82, 2.24) is 20.3 Å². The number of carbonyl (C=O) groups excluding carboxylic acids is 1. The number of piperazine rings is 1. The second-order valence-corrected chi connectivity index (χ2v) is 8.22. The number of ether oxygens (including phenoxy) is 1. The summed E-state index contributed by atoms with van der Waals surface area (Å²) in [6.45, 7) is 9.88. The quantitative estimate of drug-likeness (QED) is 0.670. The SMILES string of the molecule is COc1ncc2c(N3C[C@@H](C)N[C@H](C)C3)ccc(C(=O)Nc3cc(C)nc(C)c3)c2n1. The van der Waals surface area contributed by atoms with Crippen LogP contribution in [0.5, 0.6) is 6.01 Å². The molecule has 1 amide bonds. The predicted octanol–water partition coefficient (Wildman–Crippen LogP) is 3.09. The van der Waals surface area contributed by atoms with E-state index in [0.29, 0.717) is 28.9 Å². The summed E-state index contributed by atoms with van der Waals surface area (Å²) in [6, 6.07) is 8.47. The lowest BCUT2D eigenvalue weighted by Gasteiger charge is -2.38. The number of pyridine rings is 1. The van der Waals surface area contributed by atoms with Gasteiger partial charge in [0.1, 0.15) is 0 Å². The van der Waals surface area contributed by atoms with Crippen LogP contribution in [0.3, 0.4) is 0 Å². The number of aromatic nitrogens is 3. The minimum atomic E-state index is -0.232. The van der Waals surface area contributed by atoms with Crippen LogP contribution in [0.15, 0.2) is 30.5 Å². The van der Waals surface area contributed by atoms with Crippen molar-refractivity contribution in [2.24, 2.45) is 0 Å². The molecule has 1 aliphatic heterocycles. The lowest BCUT2D eigenvalue weighted by atomic mass is 10.0. The first kappa shape index (κ1) is 21.0. The average Bonchev–Trinajstić information content (AvgIpc) is 2.70. The number of hydrogen-bond acceptors (Lipinski definition) is 7. The Hall–Kier alpha value is -3.26. The van der Waals surface area contributed by atoms with Crippen LogP contribution in [0.25, 0.3) is 10.9 Å². The maximum atomic E-state index is 13.2. The Morgan fingerprint density at radius 3 is 2.45 bits per heavy atom. The summed E-state index contributed by atoms with van der Waals surface area (Å²) < 4.78 is 5.24. The number of benzene rings is 1. The number of methoxy groups -OCH3 is 1. The van der Waals surface area contributed by atoms with Crippen LogP contribution in [0, 0.1) is 13.8 Å². The second-order valence-electron chi connectivity index (χ2n) is 8.22. The summed E-state index contributed by atoms with van der Waals surface area (Å²) in [5, 5.41) is 7.36. The molecule has 8 heteroatoms. The van der Waals surface area contributed by atoms with E-state index in [-0.39, 0.29) is 11.9 Å². The molecule has 2 N–H and O–H groups in total. The summed E-state index contributed by atoms with van der Waals surface area (Å²) in [7, 11) is 1.52. The summed E-state index contributed by atoms with van der Waals surface area (Å²) >= 11 is 0. The van der Waals surface area contributed by atoms with Gasteiger partial charge in [0.15, 0.2) is 0 Å². The van der Waals surface area contributed by atoms with Crippen LogP contribution in [0.1, 0.15) is 35.6 Å². The van der Waals surface area contributed by atoms with Crippen LogP contribution in [0.4, 0.5) is 11.4 Å². The van der Waals surface area contributed by atoms with Gasteiger partial charge in [-0.3, -0.25) is 9.78 Å². The highest BCUT2D eigenvalue weighted by Gasteiger charge is 2.24. The number of rotatable bonds is 4. The Morgan fingerprint density at radius 2 is 1.81 bits per heavy atom. The Balaban J connectivity index is 1.76. The molecular formula is C23H28N6O2. The van der Waals surface area contributed by atoms with Crippen molar-refractivity contribution in [2.75, 3.05) is 30.4 Å². The third-order valence-corrected chi connectivity index (χ3v) is 5.37. The number of nitrogens with one attached hydrogen (secondary N) is 2. The molecular weight excluding hydrogens is 392 g/mol. The summed E-state index contributed by atoms with van der Waals surface area (Å²) in [5.41, 5.74) is 4.47. The molecule has 31 heavy (non-hydrogen) atoms. The summed E-state index contributed by atoms with van der Waals surface area (Å²) in [4.78, 5) is 28.7. The highest BCUT2D eigenvalue weighted by Crippen LogP contribution is 2.31. The molecule has 4 rings (SSSR count). The molecule has 3 aromatic rings. The van der Waals surface area contributed by atoms with Gasteiger partial charge in [0, 0.05) is 59.5 Å². The first-order valence-electron chi connectivity index (χ1n) is 10.5. The van der Waals surface area contributed by atoms with Crippen LogP contribution < -0.4 is 20.3 Å². The number of fused-ring (bicyclic) bond motifs is 1. The van der Waals surface area contributed by atoms with Crippen molar-refractivity contribution in [3.05, 3.63) is 47.4 Å². The number of carbonyl (C=O) groups is 1. The molecule has 0 saturated carbocycles. The molecule has 0 radical (unpaired) electrons. The molecule has 2 aromatic heterocycles. The zero-order valence-electron chi connectivity index (χ0n) is 18.6. The van der Waals surface area contributed by atoms with Crippen LogP contribution in [-0.4, -0.2) is 53.1 Å². The van der Waals surface area contributed by atoms with Crippen molar-refractivity contribution < 1.29 is 9.53 Å². The molecule has 1 aromatic carbocycles. The smallest absolute Gasteiger partial charge is 0.316 e. The third kappa shape index (κ3) is 4.44. The van der Waals surface area contributed by atoms with Crippen molar-refractivity contribution in [3.63, 3.8) is 0 Å². The monoisotopic (exact) mass is 420 g/mol. The van der Waals surface area contributed by atoms with E-state index in [1.54, 1.807) is 6.20 Å². The predicted molar refractivity (Wildman–Crippen MR) is 122 cm³/mol. The molecule has 3 heterocycles. The molecule has 0 bridgehead atoms. The summed E-state index contributed by atoms with van der Waals surface area (Å²) in [6.07, 6.45) is 1.74. The first-order valence-corrected chi connectivity index (χ1v) is 10.5. The Kier molecular flexibility index (Phi) is 5.73. The Morgan fingerprint density at radius 1 is 1.13 bits per heavy atom. The van der Waals surface area contributed by atoms with Gasteiger partial charge in [0.25, 0.3) is 5.91 Å². The zero-order valence-corrected chi connectivity index (χ0v) is 18.6. The number of amides is 1. The maximum absolute atomic E-state index is 13.2. The van der Waals surface area contributed by atoms with Gasteiger partial charge in [-0.15, -0.1) is 0 Å². The minimum absolute atomic E-state index is 0.232. The van der Waals surface area contributed by atoms with Gasteiger partial charge in [-0.2, -0.15) is 4.98 Å². The molecule has 0 aliphatic carbocycles. The van der Waals surface area contributed by atoms with E-state index in [9.17, 15) is 4.79 Å². The number of nitrogens with zero attached hydrogens (tertiary/aromatic N) is 4. The Bertz CT molecular complexity index is 1100. The van der Waals surface area contributed by atoms with E-state index >= 15 is 0 Å². The Labute approximate surface area is 182 Å². The third-order valence-electron chi connectivity index (χ3n) is 5.37. The highest BCUT2D eigenvalue weighted by molar-refractivity contribution is 6.13. The molecule has 162 valence electrons. The summed E-state index contributed by atoms with van der Waals surface area (Å²) in [5.74, 6) is -0.232. The standard InChI is InChI=1S/C23H28N6O2/c1-13-8-17(9-14(2)25-13)27-22(30)18-6-7-20(29-11-15(3)26-16(4)12-29)19-10-24-23(31-5)28-21(18)19/h6-10,15-16,26H,11-12H2,1-5H3,(H,25,27,30)/t15-,16-/m1/s1. The molecule has 1 saturated heterocycles. The van der Waals surface area contributed by atoms with E-state index in [0.717, 1.165) is 35.6 Å². The van der Waals surface area contributed by atoms with Gasteiger partial charge in [0.05, 0.1) is 18.2 Å². The second kappa shape index (κ2) is 8.47. The lowest BCUT2D eigenvalue weighted by molar-refractivity contribution is 0.102. The molecule has 2 atom stereocenters. The average molecular weight is 421 g/mol. The number of aryl methyl sites for hydroxylation is 2. The van der Waals surface area contributed by atoms with Crippen molar-refractivity contribution in [1.29, 1.82) is 0 Å². The first-order chi connectivity index (χ1) is 14.8. The zero-order chi connectivity index (χ0) is 22.1. The van der Waals surface area contributed by atoms with E-state index in [1.165, 1.54) is 7.11 Å². The molecule has 1 fully saturated rings. The largest absolute Gasteiger partial charge is 0.467 e. The topological polar surface area (TPSA) is 92.3 Å². The van der Waals surface area contributed by atoms with Gasteiger partial charge in [-0.25, -0.2) is 4.98 Å². The van der Waals surface area contributed by atoms with Gasteiger partial charge in [0.2, 0.25) is 0 Å². The van der Waals surface area contributed by atoms with Gasteiger partial charge in [-0.05, 0) is 52.0 Å². The fraction of sp³-hybridized carbons (Fsp3) is 0.391.